The second kappa shape index (κ2) is 8.20. The van der Waals surface area contributed by atoms with Crippen molar-refractivity contribution in [3.8, 4) is 12.3 Å². The molecule has 7 heteroatoms. The second-order valence-corrected chi connectivity index (χ2v) is 5.23. The molecular formula is C15H21N5O2. The Balaban J connectivity index is 1.92. The first-order valence-corrected chi connectivity index (χ1v) is 7.35. The largest absolute Gasteiger partial charge is 0.396 e. The van der Waals surface area contributed by atoms with Gasteiger partial charge in [-0.1, -0.05) is 5.92 Å². The molecule has 3 N–H and O–H groups in total. The standard InChI is InChI=1S/C15H21N5O2/c1-2-5-16-15(22)8-17-13-7-14(19-11-18-13)20-6-3-4-12(9-20)10-21/h1,7,11-12,21H,3-6,8-10H2,(H,16,22)(H,17,18,19). The number of carbonyl (C=O) groups excluding carboxylic acids is 1. The Labute approximate surface area is 130 Å². The highest BCUT2D eigenvalue weighted by atomic mass is 16.3. The van der Waals surface area contributed by atoms with Crippen molar-refractivity contribution in [1.29, 1.82) is 0 Å². The number of aliphatic hydroxyl groups excluding tert-OH is 1. The maximum Gasteiger partial charge on any atom is 0.240 e. The number of nitrogens with one attached hydrogen (secondary N) is 2. The zero-order valence-corrected chi connectivity index (χ0v) is 12.5. The molecule has 1 atom stereocenters. The van der Waals surface area contributed by atoms with Gasteiger partial charge in [-0.15, -0.1) is 6.42 Å². The van der Waals surface area contributed by atoms with E-state index >= 15 is 0 Å². The van der Waals surface area contributed by atoms with E-state index in [2.05, 4.69) is 31.4 Å². The molecule has 1 fully saturated rings. The van der Waals surface area contributed by atoms with Crippen LogP contribution >= 0.6 is 0 Å². The van der Waals surface area contributed by atoms with Gasteiger partial charge in [-0.05, 0) is 18.8 Å². The van der Waals surface area contributed by atoms with Crippen LogP contribution in [0.25, 0.3) is 0 Å². The number of rotatable bonds is 6. The predicted octanol–water partition coefficient (Wildman–Crippen LogP) is -0.153. The average molecular weight is 303 g/mol. The molecule has 1 unspecified atom stereocenters. The lowest BCUT2D eigenvalue weighted by Gasteiger charge is -2.32. The summed E-state index contributed by atoms with van der Waals surface area (Å²) >= 11 is 0. The predicted molar refractivity (Wildman–Crippen MR) is 84.4 cm³/mol. The Kier molecular flexibility index (Phi) is 5.98. The fourth-order valence-corrected chi connectivity index (χ4v) is 2.42. The van der Waals surface area contributed by atoms with Gasteiger partial charge in [0.2, 0.25) is 5.91 Å². The highest BCUT2D eigenvalue weighted by molar-refractivity contribution is 5.80. The van der Waals surface area contributed by atoms with Crippen molar-refractivity contribution in [3.63, 3.8) is 0 Å². The number of amides is 1. The number of terminal acetylenes is 1. The molecule has 22 heavy (non-hydrogen) atoms. The van der Waals surface area contributed by atoms with Crippen LogP contribution in [0.1, 0.15) is 12.8 Å². The fraction of sp³-hybridized carbons (Fsp3) is 0.533. The van der Waals surface area contributed by atoms with Crippen LogP contribution in [-0.4, -0.2) is 53.8 Å². The Morgan fingerprint density at radius 2 is 2.41 bits per heavy atom. The van der Waals surface area contributed by atoms with Crippen LogP contribution in [0, 0.1) is 18.3 Å². The van der Waals surface area contributed by atoms with Crippen LogP contribution in [0.4, 0.5) is 11.6 Å². The number of anilines is 2. The number of nitrogens with zero attached hydrogens (tertiary/aromatic N) is 3. The van der Waals surface area contributed by atoms with E-state index in [0.29, 0.717) is 5.82 Å². The third kappa shape index (κ3) is 4.60. The fourth-order valence-electron chi connectivity index (χ4n) is 2.42. The van der Waals surface area contributed by atoms with Crippen molar-refractivity contribution < 1.29 is 9.90 Å². The topological polar surface area (TPSA) is 90.4 Å². The van der Waals surface area contributed by atoms with Gasteiger partial charge in [-0.25, -0.2) is 9.97 Å². The van der Waals surface area contributed by atoms with E-state index in [1.54, 1.807) is 0 Å². The number of hydrogen-bond donors (Lipinski definition) is 3. The molecule has 1 aliphatic rings. The first kappa shape index (κ1) is 16.0. The van der Waals surface area contributed by atoms with Crippen LogP contribution in [0.3, 0.4) is 0 Å². The zero-order valence-electron chi connectivity index (χ0n) is 12.5. The molecule has 7 nitrogen and oxygen atoms in total. The summed E-state index contributed by atoms with van der Waals surface area (Å²) in [6, 6.07) is 1.81. The van der Waals surface area contributed by atoms with Gasteiger partial charge in [0.25, 0.3) is 0 Å². The Morgan fingerprint density at radius 3 is 3.18 bits per heavy atom. The smallest absolute Gasteiger partial charge is 0.240 e. The molecule has 1 aliphatic heterocycles. The first-order chi connectivity index (χ1) is 10.7. The minimum atomic E-state index is -0.184. The lowest BCUT2D eigenvalue weighted by atomic mass is 9.99. The van der Waals surface area contributed by atoms with E-state index in [4.69, 9.17) is 6.42 Å². The molecule has 0 aromatic carbocycles. The highest BCUT2D eigenvalue weighted by Gasteiger charge is 2.20. The van der Waals surface area contributed by atoms with Gasteiger partial charge in [0.15, 0.2) is 0 Å². The van der Waals surface area contributed by atoms with E-state index in [-0.39, 0.29) is 31.5 Å². The third-order valence-corrected chi connectivity index (χ3v) is 3.57. The quantitative estimate of drug-likeness (QED) is 0.633. The maximum absolute atomic E-state index is 11.5. The molecule has 2 heterocycles. The van der Waals surface area contributed by atoms with Crippen LogP contribution in [0.2, 0.25) is 0 Å². The number of piperidine rings is 1. The molecule has 118 valence electrons. The van der Waals surface area contributed by atoms with Crippen LogP contribution in [0.5, 0.6) is 0 Å². The van der Waals surface area contributed by atoms with Crippen molar-refractivity contribution in [2.75, 3.05) is 43.0 Å². The van der Waals surface area contributed by atoms with Crippen molar-refractivity contribution in [1.82, 2.24) is 15.3 Å². The molecule has 0 aliphatic carbocycles. The third-order valence-electron chi connectivity index (χ3n) is 3.57. The summed E-state index contributed by atoms with van der Waals surface area (Å²) in [4.78, 5) is 22.0. The summed E-state index contributed by atoms with van der Waals surface area (Å²) in [5, 5.41) is 14.8. The molecule has 0 spiro atoms. The van der Waals surface area contributed by atoms with Gasteiger partial charge < -0.3 is 20.6 Å². The monoisotopic (exact) mass is 303 g/mol. The van der Waals surface area contributed by atoms with Crippen molar-refractivity contribution in [2.24, 2.45) is 5.92 Å². The van der Waals surface area contributed by atoms with Crippen molar-refractivity contribution in [3.05, 3.63) is 12.4 Å². The van der Waals surface area contributed by atoms with Crippen LogP contribution < -0.4 is 15.5 Å². The summed E-state index contributed by atoms with van der Waals surface area (Å²) in [6.07, 6.45) is 8.63. The van der Waals surface area contributed by atoms with E-state index < -0.39 is 0 Å². The number of aromatic nitrogens is 2. The maximum atomic E-state index is 11.5. The van der Waals surface area contributed by atoms with Crippen molar-refractivity contribution in [2.45, 2.75) is 12.8 Å². The van der Waals surface area contributed by atoms with Crippen LogP contribution in [0.15, 0.2) is 12.4 Å². The van der Waals surface area contributed by atoms with E-state index in [1.807, 2.05) is 6.07 Å². The second-order valence-electron chi connectivity index (χ2n) is 5.23. The van der Waals surface area contributed by atoms with Crippen LogP contribution in [-0.2, 0) is 4.79 Å². The Hall–Kier alpha value is -2.33. The van der Waals surface area contributed by atoms with E-state index in [1.165, 1.54) is 6.33 Å². The normalized spacial score (nSPS) is 17.6. The molecule has 1 aromatic rings. The molecular weight excluding hydrogens is 282 g/mol. The lowest BCUT2D eigenvalue weighted by Crippen LogP contribution is -2.37. The Morgan fingerprint density at radius 1 is 1.55 bits per heavy atom. The minimum Gasteiger partial charge on any atom is -0.396 e. The molecule has 0 bridgehead atoms. The summed E-state index contributed by atoms with van der Waals surface area (Å²) in [5.74, 6) is 3.84. The lowest BCUT2D eigenvalue weighted by molar-refractivity contribution is -0.119. The number of aliphatic hydroxyl groups is 1. The van der Waals surface area contributed by atoms with Gasteiger partial charge in [0, 0.05) is 25.8 Å². The molecule has 0 saturated carbocycles. The number of hydrogen-bond acceptors (Lipinski definition) is 6. The summed E-state index contributed by atoms with van der Waals surface area (Å²) in [7, 11) is 0. The Bertz CT molecular complexity index is 543. The first-order valence-electron chi connectivity index (χ1n) is 7.35. The van der Waals surface area contributed by atoms with Gasteiger partial charge in [-0.2, -0.15) is 0 Å². The zero-order chi connectivity index (χ0) is 15.8. The van der Waals surface area contributed by atoms with E-state index in [9.17, 15) is 9.90 Å². The van der Waals surface area contributed by atoms with E-state index in [0.717, 1.165) is 31.7 Å². The van der Waals surface area contributed by atoms with Gasteiger partial charge in [0.1, 0.15) is 18.0 Å². The summed E-state index contributed by atoms with van der Waals surface area (Å²) in [6.45, 7) is 2.22. The molecule has 2 rings (SSSR count). The highest BCUT2D eigenvalue weighted by Crippen LogP contribution is 2.22. The number of carbonyl (C=O) groups is 1. The molecule has 1 saturated heterocycles. The van der Waals surface area contributed by atoms with Gasteiger partial charge in [-0.3, -0.25) is 4.79 Å². The molecule has 1 amide bonds. The van der Waals surface area contributed by atoms with Gasteiger partial charge in [0.05, 0.1) is 13.1 Å². The average Bonchev–Trinajstić information content (AvgIpc) is 2.58. The molecule has 1 aromatic heterocycles. The van der Waals surface area contributed by atoms with Crippen molar-refractivity contribution >= 4 is 17.5 Å². The minimum absolute atomic E-state index is 0.109. The van der Waals surface area contributed by atoms with Gasteiger partial charge >= 0.3 is 0 Å². The SMILES string of the molecule is C#CCNC(=O)CNc1cc(N2CCCC(CO)C2)ncn1. The molecule has 0 radical (unpaired) electrons. The summed E-state index contributed by atoms with van der Waals surface area (Å²) < 4.78 is 0. The summed E-state index contributed by atoms with van der Waals surface area (Å²) in [5.41, 5.74) is 0.